The maximum absolute atomic E-state index is 2.48. The first kappa shape index (κ1) is 38.6. The summed E-state index contributed by atoms with van der Waals surface area (Å²) in [6, 6.07) is 85.2. The number of nitrogens with zero attached hydrogens (tertiary/aromatic N) is 2. The van der Waals surface area contributed by atoms with E-state index in [2.05, 4.69) is 254 Å². The van der Waals surface area contributed by atoms with Gasteiger partial charge in [-0.1, -0.05) is 177 Å². The fraction of sp³-hybridized carbons (Fsp3) is 0.0476. The van der Waals surface area contributed by atoms with Gasteiger partial charge in [-0.15, -0.1) is 0 Å². The Balaban J connectivity index is 0.964. The van der Waals surface area contributed by atoms with E-state index in [4.69, 9.17) is 0 Å². The average Bonchev–Trinajstić information content (AvgIpc) is 3.60. The van der Waals surface area contributed by atoms with E-state index in [0.29, 0.717) is 0 Å². The summed E-state index contributed by atoms with van der Waals surface area (Å²) < 4.78 is 0. The van der Waals surface area contributed by atoms with E-state index in [0.717, 1.165) is 34.1 Å². The number of para-hydroxylation sites is 2. The summed E-state index contributed by atoms with van der Waals surface area (Å²) in [5.41, 5.74) is 17.0. The predicted octanol–water partition coefficient (Wildman–Crippen LogP) is 18.2. The first-order valence-corrected chi connectivity index (χ1v) is 23.6. The zero-order chi connectivity index (χ0) is 43.9. The van der Waals surface area contributed by atoms with Crippen molar-refractivity contribution in [2.45, 2.75) is 29.1 Å². The largest absolute Gasteiger partial charge is 0.310 e. The van der Waals surface area contributed by atoms with Crippen LogP contribution in [0.1, 0.15) is 25.0 Å². The van der Waals surface area contributed by atoms with Crippen LogP contribution in [0, 0.1) is 0 Å². The Morgan fingerprint density at radius 1 is 0.333 bits per heavy atom. The Kier molecular flexibility index (Phi) is 8.84. The van der Waals surface area contributed by atoms with Crippen LogP contribution in [0.4, 0.5) is 34.1 Å². The lowest BCUT2D eigenvalue weighted by atomic mass is 9.82. The summed E-state index contributed by atoms with van der Waals surface area (Å²) in [5.74, 6) is 0. The van der Waals surface area contributed by atoms with E-state index in [1.807, 2.05) is 11.8 Å². The molecule has 2 nitrogen and oxygen atoms in total. The Hall–Kier alpha value is -7.85. The fourth-order valence-electron chi connectivity index (χ4n) is 10.8. The van der Waals surface area contributed by atoms with Gasteiger partial charge in [0.25, 0.3) is 0 Å². The zero-order valence-electron chi connectivity index (χ0n) is 36.7. The summed E-state index contributed by atoms with van der Waals surface area (Å²) in [7, 11) is 0. The zero-order valence-corrected chi connectivity index (χ0v) is 37.6. The Labute approximate surface area is 390 Å². The number of hydrogen-bond donors (Lipinski definition) is 0. The van der Waals surface area contributed by atoms with Crippen LogP contribution in [-0.4, -0.2) is 0 Å². The van der Waals surface area contributed by atoms with Crippen molar-refractivity contribution in [3.63, 3.8) is 0 Å². The second kappa shape index (κ2) is 15.1. The molecule has 13 rings (SSSR count). The molecule has 0 unspecified atom stereocenters. The van der Waals surface area contributed by atoms with Crippen molar-refractivity contribution in [1.29, 1.82) is 0 Å². The minimum atomic E-state index is -0.127. The summed E-state index contributed by atoms with van der Waals surface area (Å²) in [6.45, 7) is 4.73. The van der Waals surface area contributed by atoms with E-state index < -0.39 is 0 Å². The van der Waals surface area contributed by atoms with Crippen LogP contribution in [0.5, 0.6) is 0 Å². The highest BCUT2D eigenvalue weighted by atomic mass is 32.2. The summed E-state index contributed by atoms with van der Waals surface area (Å²) in [5, 5.41) is 7.52. The van der Waals surface area contributed by atoms with Crippen molar-refractivity contribution < 1.29 is 0 Å². The van der Waals surface area contributed by atoms with E-state index >= 15 is 0 Å². The Morgan fingerprint density at radius 3 is 1.79 bits per heavy atom. The molecular formula is C63H44N2S. The van der Waals surface area contributed by atoms with Crippen molar-refractivity contribution in [2.75, 3.05) is 9.80 Å². The second-order valence-electron chi connectivity index (χ2n) is 18.1. The van der Waals surface area contributed by atoms with Crippen LogP contribution in [0.15, 0.2) is 240 Å². The van der Waals surface area contributed by atoms with Gasteiger partial charge in [-0.2, -0.15) is 0 Å². The van der Waals surface area contributed by atoms with E-state index in [1.54, 1.807) is 0 Å². The molecule has 11 aromatic carbocycles. The van der Waals surface area contributed by atoms with Gasteiger partial charge in [0.15, 0.2) is 0 Å². The number of benzene rings is 11. The highest BCUT2D eigenvalue weighted by molar-refractivity contribution is 7.99. The van der Waals surface area contributed by atoms with Crippen LogP contribution in [-0.2, 0) is 5.41 Å². The lowest BCUT2D eigenvalue weighted by Crippen LogP contribution is -2.16. The fourth-order valence-corrected chi connectivity index (χ4v) is 12.0. The first-order chi connectivity index (χ1) is 32.5. The summed E-state index contributed by atoms with van der Waals surface area (Å²) in [4.78, 5) is 7.41. The van der Waals surface area contributed by atoms with Gasteiger partial charge in [-0.25, -0.2) is 0 Å². The molecule has 66 heavy (non-hydrogen) atoms. The maximum atomic E-state index is 2.48. The molecule has 0 saturated carbocycles. The van der Waals surface area contributed by atoms with Gasteiger partial charge in [0, 0.05) is 54.6 Å². The molecule has 312 valence electrons. The third-order valence-corrected chi connectivity index (χ3v) is 15.1. The second-order valence-corrected chi connectivity index (χ2v) is 19.2. The van der Waals surface area contributed by atoms with Crippen molar-refractivity contribution in [2.24, 2.45) is 0 Å². The van der Waals surface area contributed by atoms with Crippen LogP contribution >= 0.6 is 11.8 Å². The van der Waals surface area contributed by atoms with Gasteiger partial charge in [0.05, 0.1) is 5.69 Å². The van der Waals surface area contributed by atoms with Gasteiger partial charge in [-0.3, -0.25) is 0 Å². The number of hydrogen-bond acceptors (Lipinski definition) is 3. The smallest absolute Gasteiger partial charge is 0.0540 e. The van der Waals surface area contributed by atoms with Crippen molar-refractivity contribution >= 4 is 78.2 Å². The van der Waals surface area contributed by atoms with Gasteiger partial charge < -0.3 is 9.80 Å². The molecule has 1 aliphatic carbocycles. The summed E-state index contributed by atoms with van der Waals surface area (Å²) in [6.07, 6.45) is 0. The van der Waals surface area contributed by atoms with Gasteiger partial charge >= 0.3 is 0 Å². The molecule has 0 N–H and O–H groups in total. The predicted molar refractivity (Wildman–Crippen MR) is 281 cm³/mol. The number of rotatable bonds is 7. The molecule has 0 fully saturated rings. The highest BCUT2D eigenvalue weighted by Gasteiger charge is 2.36. The molecule has 2 aliphatic rings. The molecule has 3 heteroatoms. The maximum Gasteiger partial charge on any atom is 0.0540 e. The van der Waals surface area contributed by atoms with E-state index in [1.165, 1.54) is 86.6 Å². The van der Waals surface area contributed by atoms with Crippen LogP contribution in [0.3, 0.4) is 0 Å². The van der Waals surface area contributed by atoms with E-state index in [9.17, 15) is 0 Å². The lowest BCUT2D eigenvalue weighted by Gasteiger charge is -2.30. The van der Waals surface area contributed by atoms with Crippen LogP contribution in [0.25, 0.3) is 65.7 Å². The van der Waals surface area contributed by atoms with E-state index in [-0.39, 0.29) is 5.41 Å². The van der Waals surface area contributed by atoms with Crippen molar-refractivity contribution in [3.8, 4) is 33.4 Å². The van der Waals surface area contributed by atoms with Gasteiger partial charge in [0.1, 0.15) is 0 Å². The highest BCUT2D eigenvalue weighted by Crippen LogP contribution is 2.54. The van der Waals surface area contributed by atoms with Crippen LogP contribution in [0.2, 0.25) is 0 Å². The van der Waals surface area contributed by atoms with Crippen molar-refractivity contribution in [1.82, 2.24) is 0 Å². The minimum Gasteiger partial charge on any atom is -0.310 e. The summed E-state index contributed by atoms with van der Waals surface area (Å²) >= 11 is 1.88. The van der Waals surface area contributed by atoms with Gasteiger partial charge in [0.2, 0.25) is 0 Å². The molecule has 1 aliphatic heterocycles. The SMILES string of the molecule is CC1(C)c2ccccc2-c2ccc(N(c3ccc4cc5c6c(cccc6c4c3)Sc3cc(N(c4ccccc4)c4ccc6ccccc6c4)ccc3-5)c3ccccc3-c3ccccc3)cc21. The molecule has 0 aromatic heterocycles. The third kappa shape index (κ3) is 6.11. The average molecular weight is 861 g/mol. The molecular weight excluding hydrogens is 817 g/mol. The molecule has 0 radical (unpaired) electrons. The molecule has 1 heterocycles. The lowest BCUT2D eigenvalue weighted by molar-refractivity contribution is 0.660. The molecule has 0 spiro atoms. The van der Waals surface area contributed by atoms with Crippen molar-refractivity contribution in [3.05, 3.63) is 242 Å². The molecule has 0 saturated heterocycles. The third-order valence-electron chi connectivity index (χ3n) is 14.0. The quantitative estimate of drug-likeness (QED) is 0.147. The number of anilines is 6. The Morgan fingerprint density at radius 2 is 0.955 bits per heavy atom. The monoisotopic (exact) mass is 860 g/mol. The first-order valence-electron chi connectivity index (χ1n) is 22.8. The van der Waals surface area contributed by atoms with Gasteiger partial charge in [-0.05, 0) is 145 Å². The van der Waals surface area contributed by atoms with Crippen LogP contribution < -0.4 is 9.80 Å². The minimum absolute atomic E-state index is 0.127. The normalized spacial score (nSPS) is 13.1. The molecule has 0 bridgehead atoms. The molecule has 11 aromatic rings. The topological polar surface area (TPSA) is 6.48 Å². The molecule has 0 amide bonds. The molecule has 0 atom stereocenters. The Bertz CT molecular complexity index is 3720. The number of fused-ring (bicyclic) bond motifs is 8. The standard InChI is InChI=1S/C63H44N2S/c1-63(2)57-25-13-11-23-51(57)52-34-32-48(39-58(52)63)65(59-26-14-12-22-50(59)42-17-5-3-6-18-42)47-31-29-44-37-56-53-35-33-49(40-61(53)66-60-27-15-24-54(62(56)60)55(44)38-47)64(45-20-7-4-8-21-45)46-30-28-41-16-9-10-19-43(41)36-46/h3-40H,1-2H3.